The summed E-state index contributed by atoms with van der Waals surface area (Å²) in [6.07, 6.45) is 2.89. The van der Waals surface area contributed by atoms with Crippen LogP contribution in [0.1, 0.15) is 32.1 Å². The van der Waals surface area contributed by atoms with E-state index in [1.54, 1.807) is 0 Å². The molecule has 0 aromatic carbocycles. The Morgan fingerprint density at radius 1 is 1.35 bits per heavy atom. The molecule has 2 rings (SSSR count). The number of sulfone groups is 1. The molecule has 114 valence electrons. The van der Waals surface area contributed by atoms with Gasteiger partial charge in [-0.2, -0.15) is 0 Å². The molecule has 1 unspecified atom stereocenters. The average molecular weight is 321 g/mol. The second kappa shape index (κ2) is 5.93. The van der Waals surface area contributed by atoms with Crippen molar-refractivity contribution in [2.45, 2.75) is 42.9 Å². The van der Waals surface area contributed by atoms with Crippen molar-refractivity contribution in [3.05, 3.63) is 0 Å². The van der Waals surface area contributed by atoms with E-state index in [4.69, 9.17) is 5.11 Å². The van der Waals surface area contributed by atoms with E-state index in [-0.39, 0.29) is 34.8 Å². The third-order valence-electron chi connectivity index (χ3n) is 3.85. The summed E-state index contributed by atoms with van der Waals surface area (Å²) in [4.78, 5) is 22.7. The highest BCUT2D eigenvalue weighted by molar-refractivity contribution is 8.02. The van der Waals surface area contributed by atoms with Gasteiger partial charge in [0.25, 0.3) is 0 Å². The van der Waals surface area contributed by atoms with E-state index in [0.717, 1.165) is 6.42 Å². The Morgan fingerprint density at radius 2 is 2.05 bits per heavy atom. The minimum Gasteiger partial charge on any atom is -0.481 e. The molecular formula is C12H19NO5S2. The zero-order valence-electron chi connectivity index (χ0n) is 11.1. The molecule has 1 amide bonds. The number of thioether (sulfide) groups is 1. The topological polar surface area (TPSA) is 101 Å². The van der Waals surface area contributed by atoms with Crippen LogP contribution in [-0.2, 0) is 19.4 Å². The zero-order valence-corrected chi connectivity index (χ0v) is 12.8. The van der Waals surface area contributed by atoms with Crippen LogP contribution in [0.15, 0.2) is 0 Å². The first kappa shape index (κ1) is 15.6. The first-order valence-electron chi connectivity index (χ1n) is 6.65. The Kier molecular flexibility index (Phi) is 4.63. The van der Waals surface area contributed by atoms with Crippen LogP contribution in [0.2, 0.25) is 0 Å². The maximum atomic E-state index is 11.9. The summed E-state index contributed by atoms with van der Waals surface area (Å²) in [5.41, 5.74) is -0.578. The summed E-state index contributed by atoms with van der Waals surface area (Å²) in [7, 11) is -2.92. The zero-order chi connectivity index (χ0) is 14.8. The molecule has 1 saturated carbocycles. The van der Waals surface area contributed by atoms with Crippen molar-refractivity contribution in [3.8, 4) is 0 Å². The molecule has 0 aromatic rings. The van der Waals surface area contributed by atoms with Crippen LogP contribution in [0.3, 0.4) is 0 Å². The van der Waals surface area contributed by atoms with E-state index in [0.29, 0.717) is 19.3 Å². The van der Waals surface area contributed by atoms with Gasteiger partial charge < -0.3 is 10.4 Å². The third-order valence-corrected chi connectivity index (χ3v) is 7.13. The van der Waals surface area contributed by atoms with Crippen molar-refractivity contribution in [2.24, 2.45) is 0 Å². The molecule has 2 fully saturated rings. The predicted octanol–water partition coefficient (Wildman–Crippen LogP) is 0.420. The summed E-state index contributed by atoms with van der Waals surface area (Å²) >= 11 is 1.35. The Hall–Kier alpha value is -0.760. The van der Waals surface area contributed by atoms with Gasteiger partial charge in [-0.05, 0) is 25.7 Å². The maximum Gasteiger partial charge on any atom is 0.305 e. The fourth-order valence-electron chi connectivity index (χ4n) is 2.66. The van der Waals surface area contributed by atoms with Crippen LogP contribution in [0.4, 0.5) is 0 Å². The smallest absolute Gasteiger partial charge is 0.305 e. The SMILES string of the molecule is O=C(O)CC1(NC(=O)CSC2CCS(=O)(=O)C2)CCC1. The first-order chi connectivity index (χ1) is 9.30. The number of carbonyl (C=O) groups is 2. The van der Waals surface area contributed by atoms with Gasteiger partial charge in [-0.3, -0.25) is 9.59 Å². The molecule has 8 heteroatoms. The lowest BCUT2D eigenvalue weighted by Crippen LogP contribution is -2.55. The van der Waals surface area contributed by atoms with Crippen LogP contribution in [-0.4, -0.2) is 53.4 Å². The molecule has 6 nitrogen and oxygen atoms in total. The number of carboxylic acid groups (broad SMARTS) is 1. The molecule has 0 radical (unpaired) electrons. The molecule has 2 N–H and O–H groups in total. The second-order valence-electron chi connectivity index (χ2n) is 5.59. The molecular weight excluding hydrogens is 302 g/mol. The van der Waals surface area contributed by atoms with Gasteiger partial charge in [0.05, 0.1) is 29.2 Å². The molecule has 0 aromatic heterocycles. The van der Waals surface area contributed by atoms with Crippen molar-refractivity contribution in [1.29, 1.82) is 0 Å². The molecule has 1 aliphatic carbocycles. The maximum absolute atomic E-state index is 11.9. The standard InChI is InChI=1S/C12H19NO5S2/c14-10(7-19-9-2-5-20(17,18)8-9)13-12(3-1-4-12)6-11(15)16/h9H,1-8H2,(H,13,14)(H,15,16). The minimum atomic E-state index is -2.92. The van der Waals surface area contributed by atoms with Crippen LogP contribution >= 0.6 is 11.8 Å². The van der Waals surface area contributed by atoms with Crippen molar-refractivity contribution in [2.75, 3.05) is 17.3 Å². The number of aliphatic carboxylic acids is 1. The van der Waals surface area contributed by atoms with Crippen LogP contribution in [0.5, 0.6) is 0 Å². The first-order valence-corrected chi connectivity index (χ1v) is 9.52. The number of carbonyl (C=O) groups excluding carboxylic acids is 1. The molecule has 20 heavy (non-hydrogen) atoms. The van der Waals surface area contributed by atoms with E-state index in [1.165, 1.54) is 11.8 Å². The van der Waals surface area contributed by atoms with Gasteiger partial charge >= 0.3 is 5.97 Å². The fraction of sp³-hybridized carbons (Fsp3) is 0.833. The lowest BCUT2D eigenvalue weighted by Gasteiger charge is -2.41. The van der Waals surface area contributed by atoms with Crippen molar-refractivity contribution in [1.82, 2.24) is 5.32 Å². The van der Waals surface area contributed by atoms with Crippen LogP contribution < -0.4 is 5.32 Å². The van der Waals surface area contributed by atoms with Crippen molar-refractivity contribution in [3.63, 3.8) is 0 Å². The molecule has 0 spiro atoms. The Balaban J connectivity index is 1.76. The summed E-state index contributed by atoms with van der Waals surface area (Å²) in [6, 6.07) is 0. The van der Waals surface area contributed by atoms with E-state index >= 15 is 0 Å². The molecule has 1 aliphatic heterocycles. The van der Waals surface area contributed by atoms with Crippen molar-refractivity contribution < 1.29 is 23.1 Å². The van der Waals surface area contributed by atoms with Crippen LogP contribution in [0.25, 0.3) is 0 Å². The Bertz CT molecular complexity index is 498. The fourth-order valence-corrected chi connectivity index (χ4v) is 6.10. The number of carboxylic acids is 1. The van der Waals surface area contributed by atoms with E-state index < -0.39 is 21.3 Å². The number of rotatable bonds is 6. The summed E-state index contributed by atoms with van der Waals surface area (Å²) < 4.78 is 22.6. The third kappa shape index (κ3) is 4.12. The lowest BCUT2D eigenvalue weighted by molar-refractivity contribution is -0.140. The van der Waals surface area contributed by atoms with Gasteiger partial charge in [0.1, 0.15) is 0 Å². The van der Waals surface area contributed by atoms with Gasteiger partial charge in [0.2, 0.25) is 5.91 Å². The quantitative estimate of drug-likeness (QED) is 0.735. The number of hydrogen-bond donors (Lipinski definition) is 2. The van der Waals surface area contributed by atoms with Gasteiger partial charge in [0.15, 0.2) is 9.84 Å². The van der Waals surface area contributed by atoms with Crippen LogP contribution in [0, 0.1) is 0 Å². The largest absolute Gasteiger partial charge is 0.481 e. The molecule has 1 saturated heterocycles. The molecule has 1 atom stereocenters. The number of amides is 1. The van der Waals surface area contributed by atoms with Gasteiger partial charge in [-0.25, -0.2) is 8.42 Å². The highest BCUT2D eigenvalue weighted by Crippen LogP contribution is 2.35. The average Bonchev–Trinajstić information content (AvgIpc) is 2.63. The summed E-state index contributed by atoms with van der Waals surface area (Å²) in [6.45, 7) is 0. The Labute approximate surface area is 122 Å². The highest BCUT2D eigenvalue weighted by Gasteiger charge is 2.40. The molecule has 0 bridgehead atoms. The lowest BCUT2D eigenvalue weighted by atomic mass is 9.74. The van der Waals surface area contributed by atoms with Crippen molar-refractivity contribution >= 4 is 33.5 Å². The van der Waals surface area contributed by atoms with E-state index in [1.807, 2.05) is 0 Å². The minimum absolute atomic E-state index is 0.0115. The monoisotopic (exact) mass is 321 g/mol. The van der Waals surface area contributed by atoms with E-state index in [9.17, 15) is 18.0 Å². The van der Waals surface area contributed by atoms with Gasteiger partial charge in [0, 0.05) is 5.25 Å². The summed E-state index contributed by atoms with van der Waals surface area (Å²) in [5.74, 6) is -0.554. The predicted molar refractivity (Wildman–Crippen MR) is 76.5 cm³/mol. The van der Waals surface area contributed by atoms with Gasteiger partial charge in [-0.15, -0.1) is 11.8 Å². The molecule has 1 heterocycles. The second-order valence-corrected chi connectivity index (χ2v) is 9.11. The normalized spacial score (nSPS) is 26.7. The van der Waals surface area contributed by atoms with Gasteiger partial charge in [-0.1, -0.05) is 0 Å². The van der Waals surface area contributed by atoms with E-state index in [2.05, 4.69) is 5.32 Å². The Morgan fingerprint density at radius 3 is 2.50 bits per heavy atom. The number of nitrogens with one attached hydrogen (secondary N) is 1. The summed E-state index contributed by atoms with van der Waals surface area (Å²) in [5, 5.41) is 11.7. The highest BCUT2D eigenvalue weighted by atomic mass is 32.2. The molecule has 2 aliphatic rings. The number of hydrogen-bond acceptors (Lipinski definition) is 5.